The van der Waals surface area contributed by atoms with Crippen molar-refractivity contribution >= 4 is 54.3 Å². The Labute approximate surface area is 118 Å². The fourth-order valence-corrected chi connectivity index (χ4v) is 0. The predicted molar refractivity (Wildman–Crippen MR) is 51.3 cm³/mol. The van der Waals surface area contributed by atoms with E-state index >= 15 is 0 Å². The van der Waals surface area contributed by atoms with Crippen molar-refractivity contribution in [3.05, 3.63) is 4.91 Å². The summed E-state index contributed by atoms with van der Waals surface area (Å²) in [6, 6.07) is 0. The van der Waals surface area contributed by atoms with E-state index in [-0.39, 0.29) is 0 Å². The Morgan fingerprint density at radius 2 is 0.421 bits per heavy atom. The van der Waals surface area contributed by atoms with Crippen molar-refractivity contribution in [2.75, 3.05) is 0 Å². The van der Waals surface area contributed by atoms with Crippen molar-refractivity contribution < 1.29 is 54.6 Å². The van der Waals surface area contributed by atoms with E-state index in [9.17, 15) is 0 Å². The van der Waals surface area contributed by atoms with Gasteiger partial charge in [-0.05, 0) is 0 Å². The Balaban J connectivity index is -0.00000000851. The minimum atomic E-state index is 2.00. The molecule has 16 radical (unpaired) electrons. The van der Waals surface area contributed by atoms with Crippen molar-refractivity contribution in [2.45, 2.75) is 0 Å². The molecule has 19 heavy (non-hydrogen) atoms. The zero-order valence-corrected chi connectivity index (χ0v) is 9.58. The number of nitroso groups, excluding NO2 is 1. The van der Waals surface area contributed by atoms with Gasteiger partial charge in [0.2, 0.25) is 0 Å². The van der Waals surface area contributed by atoms with E-state index in [4.69, 9.17) is 43.3 Å². The molecule has 0 amide bonds. The zero-order chi connectivity index (χ0) is 18.7. The molecule has 0 aliphatic carbocycles. The molecule has 0 aromatic heterocycles. The van der Waals surface area contributed by atoms with Gasteiger partial charge in [-0.25, -0.2) is 0 Å². The molecule has 0 bridgehead atoms. The summed E-state index contributed by atoms with van der Waals surface area (Å²) in [5.41, 5.74) is 0. The molecule has 11 heteroatoms. The minimum Gasteiger partial charge on any atom is -0.281 e. The maximum Gasteiger partial charge on any atom is 0.281 e. The van der Waals surface area contributed by atoms with Crippen molar-refractivity contribution in [3.63, 3.8) is 0 Å². The Bertz CT molecular complexity index is 78.3. The van der Waals surface area contributed by atoms with Gasteiger partial charge in [-0.2, -0.15) is 0 Å². The third-order valence-corrected chi connectivity index (χ3v) is 0. The van der Waals surface area contributed by atoms with Crippen LogP contribution in [0.1, 0.15) is 0 Å². The van der Waals surface area contributed by atoms with Crippen LogP contribution >= 0.6 is 0 Å². The number of nitrogens with zero attached hydrogens (tertiary/aromatic N) is 1. The molecule has 0 N–H and O–H groups in total. The molecule has 99 valence electrons. The largest absolute Gasteiger partial charge is 0.281 e. The standard InChI is InChI=1S/8CO.Fe.NO/c8*1-2;;1-2/q;;;;;;;;+1;-1. The second kappa shape index (κ2) is 1400. The second-order valence-electron chi connectivity index (χ2n) is 0.0645. The monoisotopic (exact) mass is 310 g/mol. The van der Waals surface area contributed by atoms with Crippen LogP contribution in [0.25, 0.3) is 0 Å². The van der Waals surface area contributed by atoms with Crippen LogP contribution in [-0.2, 0) is 54.6 Å². The van der Waals surface area contributed by atoms with Gasteiger partial charge < -0.3 is 0 Å². The molecule has 0 saturated carbocycles. The topological polar surface area (TPSA) is 166 Å². The average Bonchev–Trinajstić information content (AvgIpc) is 2.62. The van der Waals surface area contributed by atoms with Gasteiger partial charge in [-0.3, -0.25) is 38.4 Å². The molecule has 0 heterocycles. The molecule has 0 rings (SSSR count). The number of hydrogen-bond acceptors (Lipinski definition) is 10. The van der Waals surface area contributed by atoms with E-state index in [1.807, 2.05) is 4.19 Å². The normalized spacial score (nSPS) is 2.37. The summed E-state index contributed by atoms with van der Waals surface area (Å²) in [7, 11) is 0. The van der Waals surface area contributed by atoms with Gasteiger partial charge in [0.05, 0.1) is 0 Å². The molecule has 0 aliphatic heterocycles. The molecule has 0 saturated heterocycles. The first kappa shape index (κ1) is 70.6. The summed E-state index contributed by atoms with van der Waals surface area (Å²) in [5, 5.41) is 0. The molecular formula is C8FeNO9. The maximum absolute atomic E-state index is 8.44. The number of hydrogen-bond donors (Lipinski definition) is 0. The molecule has 0 aliphatic rings. The summed E-state index contributed by atoms with van der Waals surface area (Å²) in [6.07, 6.45) is 0. The summed E-state index contributed by atoms with van der Waals surface area (Å²) < 4.78 is 2.00. The smallest absolute Gasteiger partial charge is 0.281 e. The summed E-state index contributed by atoms with van der Waals surface area (Å²) in [4.78, 5) is 68.4. The Morgan fingerprint density at radius 3 is 0.421 bits per heavy atom. The maximum atomic E-state index is 8.44. The molecule has 0 aromatic rings. The Kier molecular flexibility index (Phi) is 5210. The van der Waals surface area contributed by atoms with E-state index in [1.54, 1.807) is 0 Å². The van der Waals surface area contributed by atoms with Crippen molar-refractivity contribution in [3.8, 4) is 0 Å². The van der Waals surface area contributed by atoms with Crippen molar-refractivity contribution in [1.82, 2.24) is 0 Å². The first-order valence-corrected chi connectivity index (χ1v) is 2.47. The zero-order valence-electron chi connectivity index (χ0n) is 8.48. The van der Waals surface area contributed by atoms with Gasteiger partial charge in [0.25, 0.3) is 54.3 Å². The van der Waals surface area contributed by atoms with Crippen molar-refractivity contribution in [1.29, 1.82) is 0 Å². The van der Waals surface area contributed by atoms with E-state index in [0.29, 0.717) is 0 Å². The van der Waals surface area contributed by atoms with E-state index in [0.717, 1.165) is 0 Å². The van der Waals surface area contributed by atoms with Crippen LogP contribution in [0.15, 0.2) is 4.19 Å². The third-order valence-electron chi connectivity index (χ3n) is 0. The van der Waals surface area contributed by atoms with Gasteiger partial charge in [0, 0.05) is 0 Å². The fourth-order valence-electron chi connectivity index (χ4n) is 0. The van der Waals surface area contributed by atoms with E-state index in [1.165, 1.54) is 0 Å². The first-order chi connectivity index (χ1) is 9.41. The van der Waals surface area contributed by atoms with Crippen LogP contribution in [0.4, 0.5) is 0 Å². The van der Waals surface area contributed by atoms with Crippen LogP contribution in [0.2, 0.25) is 0 Å². The quantitative estimate of drug-likeness (QED) is 0.335. The number of carbonyl (C=O) groups excluding carboxylic acids is 8. The van der Waals surface area contributed by atoms with Crippen LogP contribution in [0.5, 0.6) is 0 Å². The Hall–Kier alpha value is -2.52. The van der Waals surface area contributed by atoms with Crippen LogP contribution in [0, 0.1) is 4.91 Å². The van der Waals surface area contributed by atoms with Gasteiger partial charge in [0.15, 0.2) is 0 Å². The summed E-state index contributed by atoms with van der Waals surface area (Å²) in [6.45, 7) is 36.0. The van der Waals surface area contributed by atoms with Gasteiger partial charge in [0.1, 0.15) is 0 Å². The molecule has 0 unspecified atom stereocenters. The molecule has 0 spiro atoms. The predicted octanol–water partition coefficient (Wildman–Crippen LogP) is -2.96. The number of rotatable bonds is 0. The van der Waals surface area contributed by atoms with Crippen LogP contribution in [-0.4, -0.2) is 54.3 Å². The van der Waals surface area contributed by atoms with Gasteiger partial charge in [-0.15, -0.1) is 0 Å². The molecular weight excluding hydrogens is 310 g/mol. The molecule has 0 aromatic carbocycles. The molecule has 0 fully saturated rings. The van der Waals surface area contributed by atoms with E-state index < -0.39 is 0 Å². The SMILES string of the molecule is O=[N][Fe].[C]=O.[C]=O.[C]=O.[C]=O.[C]=O.[C]=O.[C]=O.[C]=O. The average molecular weight is 310 g/mol. The van der Waals surface area contributed by atoms with Crippen LogP contribution in [0.3, 0.4) is 0 Å². The second-order valence-corrected chi connectivity index (χ2v) is 0.266. The summed E-state index contributed by atoms with van der Waals surface area (Å²) >= 11 is 2.56. The van der Waals surface area contributed by atoms with E-state index in [2.05, 4.69) is 70.5 Å². The third kappa shape index (κ3) is 443. The van der Waals surface area contributed by atoms with Crippen molar-refractivity contribution in [2.24, 2.45) is 4.19 Å². The van der Waals surface area contributed by atoms with Crippen LogP contribution < -0.4 is 0 Å². The fraction of sp³-hybridized carbons (Fsp3) is 0. The Morgan fingerprint density at radius 1 is 0.421 bits per heavy atom. The van der Waals surface area contributed by atoms with Gasteiger partial charge in [-0.1, -0.05) is 0 Å². The first-order valence-electron chi connectivity index (χ1n) is 1.97. The summed E-state index contributed by atoms with van der Waals surface area (Å²) in [5.74, 6) is 0. The van der Waals surface area contributed by atoms with Gasteiger partial charge >= 0.3 is 25.3 Å². The minimum absolute atomic E-state index is 2.00. The molecule has 0 atom stereocenters. The molecule has 10 nitrogen and oxygen atoms in total.